The van der Waals surface area contributed by atoms with Crippen molar-refractivity contribution in [1.29, 1.82) is 0 Å². The number of hydrogen-bond donors (Lipinski definition) is 2. The first kappa shape index (κ1) is 16.2. The monoisotopic (exact) mass is 327 g/mol. The molecule has 1 fully saturated rings. The molecule has 1 aliphatic rings. The van der Waals surface area contributed by atoms with E-state index in [0.717, 1.165) is 25.1 Å². The summed E-state index contributed by atoms with van der Waals surface area (Å²) in [6, 6.07) is 6.68. The summed E-state index contributed by atoms with van der Waals surface area (Å²) in [4.78, 5) is 31.0. The zero-order chi connectivity index (χ0) is 17.1. The fourth-order valence-corrected chi connectivity index (χ4v) is 3.06. The van der Waals surface area contributed by atoms with E-state index in [1.165, 1.54) is 0 Å². The molecule has 126 valence electrons. The van der Waals surface area contributed by atoms with Gasteiger partial charge >= 0.3 is 0 Å². The van der Waals surface area contributed by atoms with E-state index in [9.17, 15) is 9.59 Å². The highest BCUT2D eigenvalue weighted by atomic mass is 16.2. The van der Waals surface area contributed by atoms with Crippen LogP contribution < -0.4 is 5.32 Å². The van der Waals surface area contributed by atoms with E-state index in [1.807, 2.05) is 11.8 Å². The van der Waals surface area contributed by atoms with E-state index in [1.54, 1.807) is 31.3 Å². The molecule has 7 heteroatoms. The molecule has 0 bridgehead atoms. The molecule has 1 aromatic heterocycles. The smallest absolute Gasteiger partial charge is 0.254 e. The van der Waals surface area contributed by atoms with Crippen molar-refractivity contribution in [2.24, 2.45) is 0 Å². The number of likely N-dealkylation sites (tertiary alicyclic amines) is 1. The molecule has 0 saturated carbocycles. The number of H-pyrrole nitrogens is 1. The van der Waals surface area contributed by atoms with Gasteiger partial charge in [0.05, 0.1) is 6.04 Å². The van der Waals surface area contributed by atoms with Gasteiger partial charge in [-0.15, -0.1) is 0 Å². The minimum absolute atomic E-state index is 0.0899. The van der Waals surface area contributed by atoms with Gasteiger partial charge in [-0.05, 0) is 44.4 Å². The second-order valence-corrected chi connectivity index (χ2v) is 5.95. The van der Waals surface area contributed by atoms with E-state index < -0.39 is 0 Å². The van der Waals surface area contributed by atoms with Crippen LogP contribution in [0.25, 0.3) is 0 Å². The molecule has 2 amide bonds. The summed E-state index contributed by atoms with van der Waals surface area (Å²) in [5.74, 6) is 1.10. The molecule has 2 aromatic rings. The maximum Gasteiger partial charge on any atom is 0.254 e. The van der Waals surface area contributed by atoms with Crippen molar-refractivity contribution >= 4 is 11.8 Å². The van der Waals surface area contributed by atoms with Crippen LogP contribution in [0, 0.1) is 6.92 Å². The number of carbonyl (C=O) groups excluding carboxylic acids is 2. The summed E-state index contributed by atoms with van der Waals surface area (Å²) in [6.45, 7) is 2.51. The summed E-state index contributed by atoms with van der Waals surface area (Å²) in [5.41, 5.74) is 0.987. The molecule has 1 aromatic carbocycles. The number of carbonyl (C=O) groups is 2. The minimum Gasteiger partial charge on any atom is -0.355 e. The third-order valence-corrected chi connectivity index (χ3v) is 4.27. The third kappa shape index (κ3) is 3.15. The molecule has 2 heterocycles. The Hall–Kier alpha value is -2.70. The van der Waals surface area contributed by atoms with Gasteiger partial charge in [-0.25, -0.2) is 4.98 Å². The molecule has 3 rings (SSSR count). The van der Waals surface area contributed by atoms with Crippen LogP contribution in [0.2, 0.25) is 0 Å². The molecule has 0 spiro atoms. The van der Waals surface area contributed by atoms with Gasteiger partial charge in [-0.3, -0.25) is 14.7 Å². The normalized spacial score (nSPS) is 17.6. The average molecular weight is 327 g/mol. The Morgan fingerprint density at radius 3 is 2.79 bits per heavy atom. The first-order valence-corrected chi connectivity index (χ1v) is 8.12. The van der Waals surface area contributed by atoms with Crippen LogP contribution in [0.1, 0.15) is 57.7 Å². The number of rotatable bonds is 3. The van der Waals surface area contributed by atoms with E-state index in [4.69, 9.17) is 0 Å². The van der Waals surface area contributed by atoms with Gasteiger partial charge in [0.25, 0.3) is 11.8 Å². The first-order valence-electron chi connectivity index (χ1n) is 8.12. The van der Waals surface area contributed by atoms with Gasteiger partial charge < -0.3 is 10.2 Å². The maximum absolute atomic E-state index is 13.0. The van der Waals surface area contributed by atoms with Crippen LogP contribution in [-0.4, -0.2) is 45.5 Å². The van der Waals surface area contributed by atoms with E-state index in [2.05, 4.69) is 20.5 Å². The lowest BCUT2D eigenvalue weighted by Crippen LogP contribution is -2.39. The van der Waals surface area contributed by atoms with Gasteiger partial charge in [-0.1, -0.05) is 6.07 Å². The van der Waals surface area contributed by atoms with Crippen LogP contribution in [0.4, 0.5) is 0 Å². The second kappa shape index (κ2) is 6.82. The number of benzene rings is 1. The molecule has 24 heavy (non-hydrogen) atoms. The Bertz CT molecular complexity index is 755. The minimum atomic E-state index is -0.204. The topological polar surface area (TPSA) is 91.0 Å². The third-order valence-electron chi connectivity index (χ3n) is 4.27. The zero-order valence-electron chi connectivity index (χ0n) is 13.9. The molecule has 1 saturated heterocycles. The lowest BCUT2D eigenvalue weighted by atomic mass is 9.99. The number of piperidine rings is 1. The van der Waals surface area contributed by atoms with Crippen LogP contribution in [-0.2, 0) is 0 Å². The van der Waals surface area contributed by atoms with E-state index in [0.29, 0.717) is 23.5 Å². The zero-order valence-corrected chi connectivity index (χ0v) is 13.9. The van der Waals surface area contributed by atoms with Crippen molar-refractivity contribution in [3.63, 3.8) is 0 Å². The molecule has 2 N–H and O–H groups in total. The van der Waals surface area contributed by atoms with Gasteiger partial charge in [0.15, 0.2) is 5.82 Å². The SMILES string of the molecule is CNC(=O)c1cccc(C(=O)N2CCCCC2c2n[nH]c(C)n2)c1. The van der Waals surface area contributed by atoms with E-state index in [-0.39, 0.29) is 17.9 Å². The molecule has 1 aliphatic heterocycles. The number of aryl methyl sites for hydroxylation is 1. The Balaban J connectivity index is 1.88. The fourth-order valence-electron chi connectivity index (χ4n) is 3.06. The first-order chi connectivity index (χ1) is 11.6. The summed E-state index contributed by atoms with van der Waals surface area (Å²) < 4.78 is 0. The Morgan fingerprint density at radius 1 is 1.29 bits per heavy atom. The van der Waals surface area contributed by atoms with Gasteiger partial charge in [-0.2, -0.15) is 5.10 Å². The van der Waals surface area contributed by atoms with Crippen molar-refractivity contribution in [1.82, 2.24) is 25.4 Å². The van der Waals surface area contributed by atoms with Crippen molar-refractivity contribution < 1.29 is 9.59 Å². The number of hydrogen-bond acceptors (Lipinski definition) is 4. The highest BCUT2D eigenvalue weighted by Crippen LogP contribution is 2.30. The van der Waals surface area contributed by atoms with Crippen LogP contribution >= 0.6 is 0 Å². The number of amides is 2. The predicted molar refractivity (Wildman–Crippen MR) is 88.6 cm³/mol. The second-order valence-electron chi connectivity index (χ2n) is 5.95. The standard InChI is InChI=1S/C17H21N5O2/c1-11-19-15(21-20-11)14-8-3-4-9-22(14)17(24)13-7-5-6-12(10-13)16(23)18-2/h5-7,10,14H,3-4,8-9H2,1-2H3,(H,18,23)(H,19,20,21). The van der Waals surface area contributed by atoms with E-state index >= 15 is 0 Å². The van der Waals surface area contributed by atoms with Crippen molar-refractivity contribution in [2.45, 2.75) is 32.2 Å². The summed E-state index contributed by atoms with van der Waals surface area (Å²) >= 11 is 0. The number of aromatic amines is 1. The van der Waals surface area contributed by atoms with Gasteiger partial charge in [0, 0.05) is 24.7 Å². The summed E-state index contributed by atoms with van der Waals surface area (Å²) in [5, 5.41) is 9.65. The molecule has 1 atom stereocenters. The number of aromatic nitrogens is 3. The molecule has 0 aliphatic carbocycles. The van der Waals surface area contributed by atoms with Crippen molar-refractivity contribution in [2.75, 3.05) is 13.6 Å². The van der Waals surface area contributed by atoms with Crippen LogP contribution in [0.5, 0.6) is 0 Å². The molecular weight excluding hydrogens is 306 g/mol. The largest absolute Gasteiger partial charge is 0.355 e. The quantitative estimate of drug-likeness (QED) is 0.900. The molecule has 0 radical (unpaired) electrons. The summed E-state index contributed by atoms with van der Waals surface area (Å²) in [7, 11) is 1.57. The average Bonchev–Trinajstić information content (AvgIpc) is 3.06. The number of nitrogens with one attached hydrogen (secondary N) is 2. The highest BCUT2D eigenvalue weighted by molar-refractivity contribution is 5.99. The van der Waals surface area contributed by atoms with Crippen molar-refractivity contribution in [3.8, 4) is 0 Å². The Kier molecular flexibility index (Phi) is 4.59. The Labute approximate surface area is 140 Å². The van der Waals surface area contributed by atoms with Gasteiger partial charge in [0.1, 0.15) is 5.82 Å². The number of nitrogens with zero attached hydrogens (tertiary/aromatic N) is 3. The Morgan fingerprint density at radius 2 is 2.08 bits per heavy atom. The van der Waals surface area contributed by atoms with Crippen LogP contribution in [0.3, 0.4) is 0 Å². The highest BCUT2D eigenvalue weighted by Gasteiger charge is 2.31. The fraction of sp³-hybridized carbons (Fsp3) is 0.412. The van der Waals surface area contributed by atoms with Crippen molar-refractivity contribution in [3.05, 3.63) is 47.0 Å². The summed E-state index contributed by atoms with van der Waals surface area (Å²) in [6.07, 6.45) is 2.85. The molecule has 7 nitrogen and oxygen atoms in total. The van der Waals surface area contributed by atoms with Crippen LogP contribution in [0.15, 0.2) is 24.3 Å². The molecular formula is C17H21N5O2. The maximum atomic E-state index is 13.0. The lowest BCUT2D eigenvalue weighted by molar-refractivity contribution is 0.0600. The van der Waals surface area contributed by atoms with Gasteiger partial charge in [0.2, 0.25) is 0 Å². The molecule has 1 unspecified atom stereocenters. The predicted octanol–water partition coefficient (Wildman–Crippen LogP) is 1.84. The lowest BCUT2D eigenvalue weighted by Gasteiger charge is -2.34.